The van der Waals surface area contributed by atoms with E-state index >= 15 is 0 Å². The molecule has 0 aliphatic heterocycles. The first-order valence-corrected chi connectivity index (χ1v) is 6.29. The summed E-state index contributed by atoms with van der Waals surface area (Å²) in [5.41, 5.74) is 6.24. The number of methoxy groups -OCH3 is 1. The van der Waals surface area contributed by atoms with Crippen molar-refractivity contribution in [2.75, 3.05) is 32.5 Å². The molecule has 0 fully saturated rings. The topological polar surface area (TPSA) is 55.6 Å². The Hall–Kier alpha value is -1.62. The van der Waals surface area contributed by atoms with E-state index in [1.165, 1.54) is 18.2 Å². The summed E-state index contributed by atoms with van der Waals surface area (Å²) in [6.45, 7) is 5.51. The molecule has 0 bridgehead atoms. The third-order valence-electron chi connectivity index (χ3n) is 2.68. The van der Waals surface area contributed by atoms with Gasteiger partial charge in [-0.15, -0.1) is 0 Å². The fraction of sp³-hybridized carbons (Fsp3) is 0.500. The molecule has 1 aromatic rings. The van der Waals surface area contributed by atoms with Crippen LogP contribution >= 0.6 is 0 Å². The number of hydrogen-bond donors (Lipinski definition) is 1. The summed E-state index contributed by atoms with van der Waals surface area (Å²) in [7, 11) is 1.58. The number of nitrogen functional groups attached to an aromatic ring is 1. The van der Waals surface area contributed by atoms with Crippen molar-refractivity contribution >= 4 is 11.6 Å². The quantitative estimate of drug-likeness (QED) is 0.804. The van der Waals surface area contributed by atoms with Gasteiger partial charge in [0.25, 0.3) is 5.91 Å². The summed E-state index contributed by atoms with van der Waals surface area (Å²) >= 11 is 0. The first kappa shape index (κ1) is 15.4. The first-order chi connectivity index (χ1) is 8.95. The minimum Gasteiger partial charge on any atom is -0.398 e. The summed E-state index contributed by atoms with van der Waals surface area (Å²) in [6, 6.07) is 3.83. The van der Waals surface area contributed by atoms with Crippen LogP contribution in [0.25, 0.3) is 0 Å². The van der Waals surface area contributed by atoms with Crippen molar-refractivity contribution in [2.24, 2.45) is 5.92 Å². The zero-order chi connectivity index (χ0) is 14.4. The molecule has 0 atom stereocenters. The predicted molar refractivity (Wildman–Crippen MR) is 73.4 cm³/mol. The summed E-state index contributed by atoms with van der Waals surface area (Å²) in [4.78, 5) is 14.0. The molecule has 0 saturated carbocycles. The highest BCUT2D eigenvalue weighted by Gasteiger charge is 2.19. The molecule has 0 aromatic heterocycles. The van der Waals surface area contributed by atoms with Crippen molar-refractivity contribution in [1.29, 1.82) is 0 Å². The van der Waals surface area contributed by atoms with Crippen LogP contribution in [0.3, 0.4) is 0 Å². The van der Waals surface area contributed by atoms with Crippen molar-refractivity contribution in [3.8, 4) is 0 Å². The van der Waals surface area contributed by atoms with Gasteiger partial charge >= 0.3 is 0 Å². The van der Waals surface area contributed by atoms with Crippen molar-refractivity contribution in [3.63, 3.8) is 0 Å². The average molecular weight is 268 g/mol. The molecule has 19 heavy (non-hydrogen) atoms. The predicted octanol–water partition coefficient (Wildman–Crippen LogP) is 2.15. The van der Waals surface area contributed by atoms with Crippen LogP contribution in [0.1, 0.15) is 24.2 Å². The molecule has 4 nitrogen and oxygen atoms in total. The molecule has 1 aromatic carbocycles. The van der Waals surface area contributed by atoms with Gasteiger partial charge in [-0.3, -0.25) is 4.79 Å². The molecule has 2 N–H and O–H groups in total. The normalized spacial score (nSPS) is 10.8. The fourth-order valence-electron chi connectivity index (χ4n) is 1.80. The molecule has 0 saturated heterocycles. The third kappa shape index (κ3) is 4.52. The van der Waals surface area contributed by atoms with Crippen molar-refractivity contribution in [2.45, 2.75) is 13.8 Å². The van der Waals surface area contributed by atoms with E-state index in [0.29, 0.717) is 25.6 Å². The second kappa shape index (κ2) is 7.09. The van der Waals surface area contributed by atoms with Gasteiger partial charge in [-0.05, 0) is 24.1 Å². The smallest absolute Gasteiger partial charge is 0.256 e. The molecule has 0 spiro atoms. The summed E-state index contributed by atoms with van der Waals surface area (Å²) in [6.07, 6.45) is 0. The number of benzene rings is 1. The van der Waals surface area contributed by atoms with Gasteiger partial charge in [-0.25, -0.2) is 4.39 Å². The number of hydrogen-bond acceptors (Lipinski definition) is 3. The number of halogens is 1. The summed E-state index contributed by atoms with van der Waals surface area (Å²) < 4.78 is 18.2. The molecular formula is C14H21FN2O2. The van der Waals surface area contributed by atoms with Crippen LogP contribution < -0.4 is 5.73 Å². The minimum absolute atomic E-state index is 0.205. The van der Waals surface area contributed by atoms with Gasteiger partial charge in [-0.2, -0.15) is 0 Å². The number of anilines is 1. The van der Waals surface area contributed by atoms with Crippen LogP contribution in [-0.4, -0.2) is 37.6 Å². The molecule has 0 aliphatic rings. The van der Waals surface area contributed by atoms with Crippen LogP contribution in [0.15, 0.2) is 18.2 Å². The Bertz CT molecular complexity index is 435. The third-order valence-corrected chi connectivity index (χ3v) is 2.68. The number of nitrogens with two attached hydrogens (primary N) is 1. The number of amides is 1. The molecule has 0 unspecified atom stereocenters. The van der Waals surface area contributed by atoms with Gasteiger partial charge in [-0.1, -0.05) is 13.8 Å². The maximum absolute atomic E-state index is 13.2. The highest BCUT2D eigenvalue weighted by molar-refractivity contribution is 5.99. The van der Waals surface area contributed by atoms with Gasteiger partial charge in [0, 0.05) is 25.9 Å². The number of carbonyl (C=O) groups is 1. The highest BCUT2D eigenvalue weighted by Crippen LogP contribution is 2.16. The van der Waals surface area contributed by atoms with Gasteiger partial charge in [0.1, 0.15) is 5.82 Å². The van der Waals surface area contributed by atoms with E-state index in [4.69, 9.17) is 10.5 Å². The minimum atomic E-state index is -0.464. The second-order valence-corrected chi connectivity index (χ2v) is 4.87. The van der Waals surface area contributed by atoms with Gasteiger partial charge in [0.2, 0.25) is 0 Å². The van der Waals surface area contributed by atoms with Crippen LogP contribution in [0.4, 0.5) is 10.1 Å². The van der Waals surface area contributed by atoms with Crippen LogP contribution in [-0.2, 0) is 4.74 Å². The van der Waals surface area contributed by atoms with E-state index in [-0.39, 0.29) is 17.2 Å². The summed E-state index contributed by atoms with van der Waals surface area (Å²) in [5, 5.41) is 0. The maximum atomic E-state index is 13.2. The standard InChI is InChI=1S/C14H21FN2O2/c1-10(2)9-17(6-7-19-3)14(18)12-8-11(15)4-5-13(12)16/h4-5,8,10H,6-7,9,16H2,1-3H3. The Morgan fingerprint density at radius 1 is 1.47 bits per heavy atom. The molecule has 1 rings (SSSR count). The number of carbonyl (C=O) groups excluding carboxylic acids is 1. The first-order valence-electron chi connectivity index (χ1n) is 6.29. The molecular weight excluding hydrogens is 247 g/mol. The molecule has 0 aliphatic carbocycles. The lowest BCUT2D eigenvalue weighted by atomic mass is 10.1. The molecule has 0 heterocycles. The number of nitrogens with zero attached hydrogens (tertiary/aromatic N) is 1. The highest BCUT2D eigenvalue weighted by atomic mass is 19.1. The van der Waals surface area contributed by atoms with Crippen molar-refractivity contribution in [1.82, 2.24) is 4.90 Å². The van der Waals surface area contributed by atoms with Gasteiger partial charge in [0.05, 0.1) is 12.2 Å². The van der Waals surface area contributed by atoms with Crippen LogP contribution in [0, 0.1) is 11.7 Å². The largest absolute Gasteiger partial charge is 0.398 e. The molecule has 5 heteroatoms. The zero-order valence-electron chi connectivity index (χ0n) is 11.6. The lowest BCUT2D eigenvalue weighted by molar-refractivity contribution is 0.0673. The van der Waals surface area contributed by atoms with E-state index in [0.717, 1.165) is 0 Å². The van der Waals surface area contributed by atoms with E-state index in [1.54, 1.807) is 12.0 Å². The Morgan fingerprint density at radius 2 is 2.16 bits per heavy atom. The zero-order valence-corrected chi connectivity index (χ0v) is 11.6. The van der Waals surface area contributed by atoms with E-state index in [1.807, 2.05) is 13.8 Å². The SMILES string of the molecule is COCCN(CC(C)C)C(=O)c1cc(F)ccc1N. The van der Waals surface area contributed by atoms with Crippen LogP contribution in [0.2, 0.25) is 0 Å². The van der Waals surface area contributed by atoms with E-state index < -0.39 is 5.82 Å². The number of rotatable bonds is 6. The molecule has 106 valence electrons. The molecule has 0 radical (unpaired) electrons. The lowest BCUT2D eigenvalue weighted by Crippen LogP contribution is -2.37. The Kier molecular flexibility index (Phi) is 5.76. The fourth-order valence-corrected chi connectivity index (χ4v) is 1.80. The Morgan fingerprint density at radius 3 is 2.74 bits per heavy atom. The van der Waals surface area contributed by atoms with E-state index in [2.05, 4.69) is 0 Å². The Labute approximate surface area is 113 Å². The second-order valence-electron chi connectivity index (χ2n) is 4.87. The number of ether oxygens (including phenoxy) is 1. The average Bonchev–Trinajstić information content (AvgIpc) is 2.36. The van der Waals surface area contributed by atoms with Crippen molar-refractivity contribution in [3.05, 3.63) is 29.6 Å². The monoisotopic (exact) mass is 268 g/mol. The van der Waals surface area contributed by atoms with Gasteiger partial charge < -0.3 is 15.4 Å². The summed E-state index contributed by atoms with van der Waals surface area (Å²) in [5.74, 6) is -0.410. The Balaban J connectivity index is 2.93. The van der Waals surface area contributed by atoms with Crippen molar-refractivity contribution < 1.29 is 13.9 Å². The van der Waals surface area contributed by atoms with Gasteiger partial charge in [0.15, 0.2) is 0 Å². The van der Waals surface area contributed by atoms with Crippen LogP contribution in [0.5, 0.6) is 0 Å². The maximum Gasteiger partial charge on any atom is 0.256 e. The lowest BCUT2D eigenvalue weighted by Gasteiger charge is -2.25. The van der Waals surface area contributed by atoms with E-state index in [9.17, 15) is 9.18 Å². The molecule has 1 amide bonds.